The zero-order valence-electron chi connectivity index (χ0n) is 12.7. The van der Waals surface area contributed by atoms with Crippen LogP contribution in [0.15, 0.2) is 0 Å². The van der Waals surface area contributed by atoms with Crippen molar-refractivity contribution in [3.8, 4) is 0 Å². The predicted octanol–water partition coefficient (Wildman–Crippen LogP) is -0.299. The molecule has 0 bridgehead atoms. The van der Waals surface area contributed by atoms with Gasteiger partial charge in [0, 0.05) is 27.7 Å². The molecule has 0 aromatic rings. The molecule has 1 saturated heterocycles. The number of carbonyl (C=O) groups excluding carboxylic acids is 4. The van der Waals surface area contributed by atoms with E-state index >= 15 is 0 Å². The molecule has 9 heteroatoms. The molecule has 4 atom stereocenters. The summed E-state index contributed by atoms with van der Waals surface area (Å²) in [6.07, 6.45) is -4.65. The number of esters is 4. The van der Waals surface area contributed by atoms with Crippen molar-refractivity contribution in [2.24, 2.45) is 0 Å². The zero-order chi connectivity index (χ0) is 16.9. The Morgan fingerprint density at radius 2 is 1.18 bits per heavy atom. The molecule has 1 heterocycles. The van der Waals surface area contributed by atoms with Crippen molar-refractivity contribution >= 4 is 23.9 Å². The quantitative estimate of drug-likeness (QED) is 0.509. The molecule has 124 valence electrons. The Bertz CT molecular complexity index is 416. The Hall–Kier alpha value is -2.16. The van der Waals surface area contributed by atoms with Gasteiger partial charge in [0.05, 0.1) is 6.61 Å². The summed E-state index contributed by atoms with van der Waals surface area (Å²) in [4.78, 5) is 44.7. The van der Waals surface area contributed by atoms with Crippen molar-refractivity contribution in [2.45, 2.75) is 52.3 Å². The molecule has 0 spiro atoms. The van der Waals surface area contributed by atoms with Crippen LogP contribution in [0.4, 0.5) is 0 Å². The number of hydrogen-bond donors (Lipinski definition) is 0. The molecule has 0 saturated carbocycles. The van der Waals surface area contributed by atoms with E-state index in [2.05, 4.69) is 0 Å². The Morgan fingerprint density at radius 1 is 0.727 bits per heavy atom. The first-order valence-corrected chi connectivity index (χ1v) is 6.51. The van der Waals surface area contributed by atoms with Crippen molar-refractivity contribution in [3.05, 3.63) is 0 Å². The van der Waals surface area contributed by atoms with Crippen LogP contribution in [0.25, 0.3) is 0 Å². The monoisotopic (exact) mass is 318 g/mol. The smallest absolute Gasteiger partial charge is 0.305 e. The van der Waals surface area contributed by atoms with E-state index in [-0.39, 0.29) is 6.61 Å². The summed E-state index contributed by atoms with van der Waals surface area (Å²) in [6, 6.07) is 0. The Balaban J connectivity index is 3.03. The average Bonchev–Trinajstić information content (AvgIpc) is 2.34. The molecular formula is C13H18O9. The molecule has 1 fully saturated rings. The van der Waals surface area contributed by atoms with E-state index in [1.807, 2.05) is 0 Å². The summed E-state index contributed by atoms with van der Waals surface area (Å²) in [5.41, 5.74) is 0. The third-order valence-corrected chi connectivity index (χ3v) is 2.59. The van der Waals surface area contributed by atoms with Gasteiger partial charge in [0.25, 0.3) is 0 Å². The summed E-state index contributed by atoms with van der Waals surface area (Å²) in [5.74, 6) is -2.68. The molecule has 0 aromatic carbocycles. The zero-order valence-corrected chi connectivity index (χ0v) is 12.7. The van der Waals surface area contributed by atoms with Crippen molar-refractivity contribution < 1.29 is 42.9 Å². The predicted molar refractivity (Wildman–Crippen MR) is 68.2 cm³/mol. The Morgan fingerprint density at radius 3 is 1.64 bits per heavy atom. The van der Waals surface area contributed by atoms with Crippen LogP contribution in [0.1, 0.15) is 27.7 Å². The van der Waals surface area contributed by atoms with Gasteiger partial charge >= 0.3 is 23.9 Å². The fraction of sp³-hybridized carbons (Fsp3) is 0.692. The standard InChI is InChI=1S/C13H18O9/c1-6(14)19-10-5-18-13(22-9(4)17)12(21-8(3)16)11(10)20-7(2)15/h10-13H,5H2,1-4H3/t10-,11-,12?,13+/m0/s1. The second-order valence-corrected chi connectivity index (χ2v) is 4.61. The molecule has 0 aromatic heterocycles. The molecule has 1 aliphatic heterocycles. The first kappa shape index (κ1) is 17.9. The van der Waals surface area contributed by atoms with Gasteiger partial charge in [-0.3, -0.25) is 19.2 Å². The Kier molecular flexibility index (Phi) is 6.29. The van der Waals surface area contributed by atoms with Crippen LogP contribution in [0, 0.1) is 0 Å². The van der Waals surface area contributed by atoms with Gasteiger partial charge in [-0.1, -0.05) is 0 Å². The van der Waals surface area contributed by atoms with E-state index in [1.54, 1.807) is 0 Å². The van der Waals surface area contributed by atoms with Gasteiger partial charge in [-0.05, 0) is 0 Å². The van der Waals surface area contributed by atoms with Gasteiger partial charge < -0.3 is 23.7 Å². The van der Waals surface area contributed by atoms with Gasteiger partial charge in [-0.25, -0.2) is 0 Å². The number of rotatable bonds is 4. The molecule has 22 heavy (non-hydrogen) atoms. The van der Waals surface area contributed by atoms with E-state index in [9.17, 15) is 19.2 Å². The summed E-state index contributed by atoms with van der Waals surface area (Å²) in [6.45, 7) is 4.40. The lowest BCUT2D eigenvalue weighted by Gasteiger charge is -2.39. The van der Waals surface area contributed by atoms with Gasteiger partial charge in [-0.15, -0.1) is 0 Å². The minimum absolute atomic E-state index is 0.187. The lowest BCUT2D eigenvalue weighted by atomic mass is 10.0. The maximum atomic E-state index is 11.3. The minimum Gasteiger partial charge on any atom is -0.456 e. The maximum Gasteiger partial charge on any atom is 0.305 e. The van der Waals surface area contributed by atoms with E-state index in [4.69, 9.17) is 23.7 Å². The molecule has 1 unspecified atom stereocenters. The first-order valence-electron chi connectivity index (χ1n) is 6.51. The minimum atomic E-state index is -1.27. The highest BCUT2D eigenvalue weighted by Gasteiger charge is 2.48. The molecule has 0 N–H and O–H groups in total. The fourth-order valence-corrected chi connectivity index (χ4v) is 1.97. The highest BCUT2D eigenvalue weighted by Crippen LogP contribution is 2.25. The van der Waals surface area contributed by atoms with Gasteiger partial charge in [0.1, 0.15) is 0 Å². The molecule has 9 nitrogen and oxygen atoms in total. The highest BCUT2D eigenvalue weighted by atomic mass is 16.7. The van der Waals surface area contributed by atoms with Gasteiger partial charge in [-0.2, -0.15) is 0 Å². The summed E-state index contributed by atoms with van der Waals surface area (Å²) in [7, 11) is 0. The lowest BCUT2D eigenvalue weighted by Crippen LogP contribution is -2.58. The van der Waals surface area contributed by atoms with E-state index in [1.165, 1.54) is 6.92 Å². The molecule has 0 radical (unpaired) electrons. The van der Waals surface area contributed by atoms with E-state index < -0.39 is 48.5 Å². The molecule has 1 aliphatic rings. The summed E-state index contributed by atoms with van der Waals surface area (Å²) < 4.78 is 25.2. The third-order valence-electron chi connectivity index (χ3n) is 2.59. The fourth-order valence-electron chi connectivity index (χ4n) is 1.97. The van der Waals surface area contributed by atoms with Crippen molar-refractivity contribution in [2.75, 3.05) is 6.61 Å². The highest BCUT2D eigenvalue weighted by molar-refractivity contribution is 5.69. The SMILES string of the molecule is CC(=O)OC1[C@@H](OC(C)=O)OC[C@H](OC(C)=O)[C@@H]1OC(C)=O. The van der Waals surface area contributed by atoms with Crippen molar-refractivity contribution in [1.29, 1.82) is 0 Å². The van der Waals surface area contributed by atoms with Crippen LogP contribution in [-0.2, 0) is 42.9 Å². The number of carbonyl (C=O) groups is 4. The summed E-state index contributed by atoms with van der Waals surface area (Å²) in [5, 5.41) is 0. The van der Waals surface area contributed by atoms with Crippen LogP contribution in [-0.4, -0.2) is 55.1 Å². The second kappa shape index (κ2) is 7.74. The van der Waals surface area contributed by atoms with Crippen molar-refractivity contribution in [1.82, 2.24) is 0 Å². The second-order valence-electron chi connectivity index (χ2n) is 4.61. The van der Waals surface area contributed by atoms with Crippen LogP contribution in [0.2, 0.25) is 0 Å². The van der Waals surface area contributed by atoms with E-state index in [0.717, 1.165) is 20.8 Å². The normalized spacial score (nSPS) is 27.5. The molecule has 1 rings (SSSR count). The average molecular weight is 318 g/mol. The van der Waals surface area contributed by atoms with Crippen molar-refractivity contribution in [3.63, 3.8) is 0 Å². The van der Waals surface area contributed by atoms with Gasteiger partial charge in [0.15, 0.2) is 12.2 Å². The molecule has 0 amide bonds. The molecular weight excluding hydrogens is 300 g/mol. The van der Waals surface area contributed by atoms with Crippen LogP contribution < -0.4 is 0 Å². The largest absolute Gasteiger partial charge is 0.456 e. The summed E-state index contributed by atoms with van der Waals surface area (Å²) >= 11 is 0. The van der Waals surface area contributed by atoms with E-state index in [0.29, 0.717) is 0 Å². The Labute approximate surface area is 126 Å². The number of hydrogen-bond acceptors (Lipinski definition) is 9. The van der Waals surface area contributed by atoms with Crippen LogP contribution in [0.3, 0.4) is 0 Å². The third kappa shape index (κ3) is 5.32. The van der Waals surface area contributed by atoms with Crippen LogP contribution >= 0.6 is 0 Å². The number of ether oxygens (including phenoxy) is 5. The first-order chi connectivity index (χ1) is 10.2. The topological polar surface area (TPSA) is 114 Å². The maximum absolute atomic E-state index is 11.3. The molecule has 0 aliphatic carbocycles. The lowest BCUT2D eigenvalue weighted by molar-refractivity contribution is -0.273. The van der Waals surface area contributed by atoms with Gasteiger partial charge in [0.2, 0.25) is 12.4 Å². The van der Waals surface area contributed by atoms with Crippen LogP contribution in [0.5, 0.6) is 0 Å².